The summed E-state index contributed by atoms with van der Waals surface area (Å²) in [5.74, 6) is 0. The second-order valence-electron chi connectivity index (χ2n) is 5.66. The van der Waals surface area contributed by atoms with E-state index in [4.69, 9.17) is 0 Å². The van der Waals surface area contributed by atoms with E-state index in [1.807, 2.05) is 18.0 Å². The average Bonchev–Trinajstić information content (AvgIpc) is 2.70. The molecule has 0 spiro atoms. The second-order valence-corrected chi connectivity index (χ2v) is 8.03. The van der Waals surface area contributed by atoms with E-state index in [1.54, 1.807) is 11.9 Å². The number of benzene rings is 3. The van der Waals surface area contributed by atoms with Crippen LogP contribution >= 0.6 is 23.7 Å². The van der Waals surface area contributed by atoms with Gasteiger partial charge >= 0.3 is 0 Å². The van der Waals surface area contributed by atoms with Gasteiger partial charge in [0.1, 0.15) is 4.58 Å². The molecule has 25 heavy (non-hydrogen) atoms. The van der Waals surface area contributed by atoms with Gasteiger partial charge in [0.15, 0.2) is 0 Å². The van der Waals surface area contributed by atoms with Crippen molar-refractivity contribution in [2.45, 2.75) is 9.48 Å². The molecule has 0 saturated heterocycles. The summed E-state index contributed by atoms with van der Waals surface area (Å²) in [7, 11) is 0. The highest BCUT2D eigenvalue weighted by atomic mass is 32.2. The highest BCUT2D eigenvalue weighted by Crippen LogP contribution is 2.45. The molecule has 1 unspecified atom stereocenters. The van der Waals surface area contributed by atoms with Gasteiger partial charge in [-0.1, -0.05) is 78.9 Å². The lowest BCUT2D eigenvalue weighted by molar-refractivity contribution is 1.44. The van der Waals surface area contributed by atoms with Gasteiger partial charge in [-0.25, -0.2) is 4.40 Å². The fraction of sp³-hybridized carbons (Fsp3) is 0.0455. The Labute approximate surface area is 157 Å². The summed E-state index contributed by atoms with van der Waals surface area (Å²) >= 11 is 3.49. The van der Waals surface area contributed by atoms with E-state index in [2.05, 4.69) is 95.4 Å². The molecule has 3 aromatic carbocycles. The van der Waals surface area contributed by atoms with Crippen LogP contribution in [0.3, 0.4) is 0 Å². The van der Waals surface area contributed by atoms with Crippen LogP contribution in [0.15, 0.2) is 100 Å². The summed E-state index contributed by atoms with van der Waals surface area (Å²) in [5, 5.41) is 0. The van der Waals surface area contributed by atoms with E-state index in [-0.39, 0.29) is 4.58 Å². The normalized spacial score (nSPS) is 16.9. The molecule has 3 heteroatoms. The first-order valence-corrected chi connectivity index (χ1v) is 9.89. The zero-order valence-electron chi connectivity index (χ0n) is 13.6. The number of thioether (sulfide) groups is 1. The molecule has 1 atom stereocenters. The average molecular weight is 360 g/mol. The Morgan fingerprint density at radius 3 is 1.88 bits per heavy atom. The highest BCUT2D eigenvalue weighted by molar-refractivity contribution is 8.17. The SMILES string of the molecule is C1=NSC(Sc2ccccc2)C(c2ccccc2)=C1c1ccccc1. The molecule has 122 valence electrons. The van der Waals surface area contributed by atoms with Crippen molar-refractivity contribution in [3.05, 3.63) is 102 Å². The summed E-state index contributed by atoms with van der Waals surface area (Å²) in [6.45, 7) is 0. The Hall–Kier alpha value is -2.23. The van der Waals surface area contributed by atoms with E-state index < -0.39 is 0 Å². The summed E-state index contributed by atoms with van der Waals surface area (Å²) in [5.41, 5.74) is 5.01. The molecule has 1 aliphatic rings. The van der Waals surface area contributed by atoms with E-state index in [0.717, 1.165) is 0 Å². The molecule has 3 aromatic rings. The third-order valence-corrected chi connectivity index (χ3v) is 6.22. The Morgan fingerprint density at radius 1 is 0.680 bits per heavy atom. The molecule has 0 aromatic heterocycles. The summed E-state index contributed by atoms with van der Waals surface area (Å²) in [6.07, 6.45) is 2.00. The largest absolute Gasteiger partial charge is 0.222 e. The van der Waals surface area contributed by atoms with Gasteiger partial charge in [0.25, 0.3) is 0 Å². The molecular weight excluding hydrogens is 342 g/mol. The quantitative estimate of drug-likeness (QED) is 0.496. The van der Waals surface area contributed by atoms with Gasteiger partial charge < -0.3 is 0 Å². The van der Waals surface area contributed by atoms with Crippen LogP contribution in [0.2, 0.25) is 0 Å². The van der Waals surface area contributed by atoms with Crippen molar-refractivity contribution in [3.8, 4) is 0 Å². The number of hydrogen-bond acceptors (Lipinski definition) is 3. The third kappa shape index (κ3) is 3.73. The van der Waals surface area contributed by atoms with Gasteiger partial charge in [-0.15, -0.1) is 11.8 Å². The van der Waals surface area contributed by atoms with Gasteiger partial charge in [-0.2, -0.15) is 0 Å². The van der Waals surface area contributed by atoms with Gasteiger partial charge in [0.2, 0.25) is 0 Å². The predicted molar refractivity (Wildman–Crippen MR) is 112 cm³/mol. The second kappa shape index (κ2) is 7.77. The standard InChI is InChI=1S/C22H17NS2/c1-4-10-17(11-5-1)20-16-23-25-22(24-19-14-8-3-9-15-19)21(20)18-12-6-2-7-13-18/h1-16,22H. The first kappa shape index (κ1) is 16.2. The van der Waals surface area contributed by atoms with Crippen molar-refractivity contribution >= 4 is 41.1 Å². The minimum Gasteiger partial charge on any atom is -0.222 e. The summed E-state index contributed by atoms with van der Waals surface area (Å²) in [4.78, 5) is 1.26. The maximum atomic E-state index is 4.60. The van der Waals surface area contributed by atoms with Crippen LogP contribution in [0, 0.1) is 0 Å². The van der Waals surface area contributed by atoms with Crippen LogP contribution in [0.25, 0.3) is 11.1 Å². The predicted octanol–water partition coefficient (Wildman–Crippen LogP) is 6.45. The molecule has 1 aliphatic heterocycles. The fourth-order valence-corrected chi connectivity index (χ4v) is 5.09. The van der Waals surface area contributed by atoms with Crippen LogP contribution in [0.5, 0.6) is 0 Å². The molecule has 0 N–H and O–H groups in total. The molecule has 1 nitrogen and oxygen atoms in total. The van der Waals surface area contributed by atoms with Crippen LogP contribution in [-0.2, 0) is 0 Å². The summed E-state index contributed by atoms with van der Waals surface area (Å²) < 4.78 is 4.83. The van der Waals surface area contributed by atoms with Gasteiger partial charge in [0.05, 0.1) is 0 Å². The zero-order valence-corrected chi connectivity index (χ0v) is 15.2. The van der Waals surface area contributed by atoms with E-state index in [9.17, 15) is 0 Å². The highest BCUT2D eigenvalue weighted by Gasteiger charge is 2.25. The lowest BCUT2D eigenvalue weighted by Gasteiger charge is -2.24. The maximum absolute atomic E-state index is 4.60. The van der Waals surface area contributed by atoms with E-state index in [1.165, 1.54) is 27.2 Å². The minimum absolute atomic E-state index is 0.227. The van der Waals surface area contributed by atoms with Crippen molar-refractivity contribution < 1.29 is 0 Å². The van der Waals surface area contributed by atoms with Crippen molar-refractivity contribution in [1.29, 1.82) is 0 Å². The molecule has 0 aliphatic carbocycles. The third-order valence-electron chi connectivity index (χ3n) is 4.02. The number of hydrogen-bond donors (Lipinski definition) is 0. The molecule has 0 fully saturated rings. The Balaban J connectivity index is 1.81. The summed E-state index contributed by atoms with van der Waals surface area (Å²) in [6, 6.07) is 31.7. The lowest BCUT2D eigenvalue weighted by Crippen LogP contribution is -2.08. The zero-order chi connectivity index (χ0) is 16.9. The van der Waals surface area contributed by atoms with Crippen LogP contribution in [0.4, 0.5) is 0 Å². The number of nitrogens with zero attached hydrogens (tertiary/aromatic N) is 1. The molecule has 0 amide bonds. The van der Waals surface area contributed by atoms with Crippen LogP contribution in [-0.4, -0.2) is 10.8 Å². The number of allylic oxidation sites excluding steroid dienone is 1. The Kier molecular flexibility index (Phi) is 5.05. The number of rotatable bonds is 4. The maximum Gasteiger partial charge on any atom is 0.103 e. The Morgan fingerprint density at radius 2 is 1.24 bits per heavy atom. The van der Waals surface area contributed by atoms with E-state index >= 15 is 0 Å². The van der Waals surface area contributed by atoms with Crippen LogP contribution < -0.4 is 0 Å². The van der Waals surface area contributed by atoms with Crippen molar-refractivity contribution in [3.63, 3.8) is 0 Å². The molecular formula is C22H17NS2. The van der Waals surface area contributed by atoms with Gasteiger partial charge in [-0.05, 0) is 40.8 Å². The first-order valence-electron chi connectivity index (χ1n) is 8.18. The van der Waals surface area contributed by atoms with Gasteiger partial charge in [0, 0.05) is 16.7 Å². The van der Waals surface area contributed by atoms with Crippen molar-refractivity contribution in [1.82, 2.24) is 0 Å². The van der Waals surface area contributed by atoms with Crippen molar-refractivity contribution in [2.75, 3.05) is 0 Å². The van der Waals surface area contributed by atoms with Crippen molar-refractivity contribution in [2.24, 2.45) is 4.40 Å². The molecule has 0 bridgehead atoms. The molecule has 4 rings (SSSR count). The Bertz CT molecular complexity index is 887. The van der Waals surface area contributed by atoms with Gasteiger partial charge in [-0.3, -0.25) is 0 Å². The first-order chi connectivity index (χ1) is 12.4. The smallest absolute Gasteiger partial charge is 0.103 e. The molecule has 0 radical (unpaired) electrons. The fourth-order valence-electron chi connectivity index (χ4n) is 2.85. The van der Waals surface area contributed by atoms with E-state index in [0.29, 0.717) is 0 Å². The minimum atomic E-state index is 0.227. The topological polar surface area (TPSA) is 12.4 Å². The lowest BCUT2D eigenvalue weighted by atomic mass is 9.96. The monoisotopic (exact) mass is 359 g/mol. The van der Waals surface area contributed by atoms with Crippen LogP contribution in [0.1, 0.15) is 11.1 Å². The molecule has 0 saturated carbocycles. The molecule has 1 heterocycles.